The van der Waals surface area contributed by atoms with Crippen molar-refractivity contribution in [2.45, 2.75) is 0 Å². The Morgan fingerprint density at radius 1 is 0.400 bits per heavy atom. The number of rotatable bonds is 0. The molecule has 5 heteroatoms. The summed E-state index contributed by atoms with van der Waals surface area (Å²) in [5.74, 6) is 0. The van der Waals surface area contributed by atoms with Crippen molar-refractivity contribution in [2.24, 2.45) is 0 Å². The van der Waals surface area contributed by atoms with Gasteiger partial charge in [0.25, 0.3) is 0 Å². The van der Waals surface area contributed by atoms with Gasteiger partial charge < -0.3 is 6.15 Å². The van der Waals surface area contributed by atoms with E-state index in [-0.39, 0.29) is 212 Å². The molecule has 0 amide bonds. The molecule has 0 aliphatic carbocycles. The molecule has 0 fully saturated rings. The SMILES string of the molecule is N.[KH].[KH].[KH].[KH]. The quantitative estimate of drug-likeness (QED) is 0.410. The molecule has 0 aromatic heterocycles. The van der Waals surface area contributed by atoms with Gasteiger partial charge in [-0.1, -0.05) is 0 Å². The van der Waals surface area contributed by atoms with Crippen LogP contribution in [0.25, 0.3) is 0 Å². The van der Waals surface area contributed by atoms with Gasteiger partial charge in [-0.25, -0.2) is 0 Å². The molecule has 0 unspecified atom stereocenters. The molecule has 0 heterocycles. The summed E-state index contributed by atoms with van der Waals surface area (Å²) in [4.78, 5) is 0. The summed E-state index contributed by atoms with van der Waals surface area (Å²) in [7, 11) is 0. The molecule has 0 saturated carbocycles. The first-order valence-electron chi connectivity index (χ1n) is 0. The van der Waals surface area contributed by atoms with Crippen LogP contribution in [0.2, 0.25) is 0 Å². The Hall–Kier alpha value is 6.51. The van der Waals surface area contributed by atoms with Crippen molar-refractivity contribution in [1.29, 1.82) is 0 Å². The Balaban J connectivity index is 0. The van der Waals surface area contributed by atoms with E-state index in [1.807, 2.05) is 0 Å². The van der Waals surface area contributed by atoms with E-state index in [0.29, 0.717) is 0 Å². The van der Waals surface area contributed by atoms with Crippen molar-refractivity contribution >= 4 is 206 Å². The Bertz CT molecular complexity index is 3.61. The van der Waals surface area contributed by atoms with Crippen LogP contribution in [0.4, 0.5) is 0 Å². The van der Waals surface area contributed by atoms with Crippen molar-refractivity contribution in [3.63, 3.8) is 0 Å². The predicted octanol–water partition coefficient (Wildman–Crippen LogP) is -2.43. The van der Waals surface area contributed by atoms with Gasteiger partial charge in [-0.15, -0.1) is 0 Å². The number of hydrogen-bond acceptors (Lipinski definition) is 1. The zero-order chi connectivity index (χ0) is 0. The van der Waals surface area contributed by atoms with Crippen LogP contribution >= 0.6 is 0 Å². The van der Waals surface area contributed by atoms with Crippen LogP contribution < -0.4 is 6.15 Å². The standard InChI is InChI=1S/4K.H3N.4H/h;;;;1H3;;;;. The zero-order valence-corrected chi connectivity index (χ0v) is 0.707. The first-order valence-corrected chi connectivity index (χ1v) is 0. The van der Waals surface area contributed by atoms with Crippen molar-refractivity contribution in [2.75, 3.05) is 0 Å². The number of hydrogen-bond donors (Lipinski definition) is 1. The van der Waals surface area contributed by atoms with Crippen molar-refractivity contribution in [1.82, 2.24) is 6.15 Å². The Labute approximate surface area is 203 Å². The Kier molecular flexibility index (Phi) is 135. The van der Waals surface area contributed by atoms with Crippen molar-refractivity contribution in [3.8, 4) is 0 Å². The molecule has 0 spiro atoms. The molecule has 0 bridgehead atoms. The molecule has 0 aromatic rings. The second kappa shape index (κ2) is 22.4. The summed E-state index contributed by atoms with van der Waals surface area (Å²) in [5.41, 5.74) is 0. The fraction of sp³-hybridized carbons (Fsp3) is 0. The van der Waals surface area contributed by atoms with Crippen LogP contribution in [0.5, 0.6) is 0 Å². The van der Waals surface area contributed by atoms with E-state index in [2.05, 4.69) is 0 Å². The van der Waals surface area contributed by atoms with Crippen LogP contribution in [-0.2, 0) is 0 Å². The van der Waals surface area contributed by atoms with E-state index in [1.165, 1.54) is 0 Å². The first kappa shape index (κ1) is 30.0. The molecule has 0 radical (unpaired) electrons. The predicted molar refractivity (Wildman–Crippen MR) is 33.6 cm³/mol. The monoisotopic (exact) mass is 177 g/mol. The zero-order valence-electron chi connectivity index (χ0n) is 0.707. The van der Waals surface area contributed by atoms with Crippen molar-refractivity contribution in [3.05, 3.63) is 0 Å². The Morgan fingerprint density at radius 2 is 0.400 bits per heavy atom. The van der Waals surface area contributed by atoms with Gasteiger partial charge in [0.05, 0.1) is 0 Å². The summed E-state index contributed by atoms with van der Waals surface area (Å²) < 4.78 is 0. The van der Waals surface area contributed by atoms with Gasteiger partial charge in [0.15, 0.2) is 0 Å². The third-order valence-corrected chi connectivity index (χ3v) is 0. The fourth-order valence-electron chi connectivity index (χ4n) is 0. The molecule has 0 aliphatic rings. The van der Waals surface area contributed by atoms with Gasteiger partial charge in [-0.3, -0.25) is 0 Å². The molecule has 0 aromatic carbocycles. The molecule has 16 valence electrons. The molecule has 5 heavy (non-hydrogen) atoms. The summed E-state index contributed by atoms with van der Waals surface area (Å²) in [6.45, 7) is 0. The van der Waals surface area contributed by atoms with Crippen LogP contribution in [0.1, 0.15) is 0 Å². The third-order valence-electron chi connectivity index (χ3n) is 0. The summed E-state index contributed by atoms with van der Waals surface area (Å²) >= 11 is 0. The third kappa shape index (κ3) is 18.0. The molecule has 0 aliphatic heterocycles. The maximum atomic E-state index is 0. The fourth-order valence-corrected chi connectivity index (χ4v) is 0. The van der Waals surface area contributed by atoms with E-state index < -0.39 is 0 Å². The minimum atomic E-state index is 0. The van der Waals surface area contributed by atoms with E-state index in [0.717, 1.165) is 0 Å². The topological polar surface area (TPSA) is 35.0 Å². The van der Waals surface area contributed by atoms with Gasteiger partial charge in [0.2, 0.25) is 0 Å². The second-order valence-electron chi connectivity index (χ2n) is 0. The van der Waals surface area contributed by atoms with Crippen LogP contribution in [0, 0.1) is 0 Å². The maximum absolute atomic E-state index is 0. The molecule has 0 saturated heterocycles. The van der Waals surface area contributed by atoms with Crippen LogP contribution in [0.3, 0.4) is 0 Å². The molecule has 1 nitrogen and oxygen atoms in total. The first-order chi connectivity index (χ1) is 0. The second-order valence-corrected chi connectivity index (χ2v) is 0. The van der Waals surface area contributed by atoms with Gasteiger partial charge in [-0.05, 0) is 0 Å². The van der Waals surface area contributed by atoms with Gasteiger partial charge in [0, 0.05) is 0 Å². The molecule has 3 N–H and O–H groups in total. The molecule has 0 rings (SSSR count). The van der Waals surface area contributed by atoms with Crippen LogP contribution in [-0.4, -0.2) is 206 Å². The minimum absolute atomic E-state index is 0. The average molecular weight is 177 g/mol. The molecular weight excluding hydrogens is 170 g/mol. The van der Waals surface area contributed by atoms with Crippen molar-refractivity contribution < 1.29 is 0 Å². The van der Waals surface area contributed by atoms with E-state index in [1.54, 1.807) is 0 Å². The average Bonchev–Trinajstić information content (AvgIpc) is 0. The van der Waals surface area contributed by atoms with Gasteiger partial charge in [0.1, 0.15) is 0 Å². The van der Waals surface area contributed by atoms with E-state index in [4.69, 9.17) is 0 Å². The van der Waals surface area contributed by atoms with Gasteiger partial charge in [-0.2, -0.15) is 0 Å². The molecule has 0 atom stereocenters. The van der Waals surface area contributed by atoms with E-state index >= 15 is 0 Å². The van der Waals surface area contributed by atoms with Gasteiger partial charge >= 0.3 is 206 Å². The Morgan fingerprint density at radius 3 is 0.400 bits per heavy atom. The van der Waals surface area contributed by atoms with E-state index in [9.17, 15) is 0 Å². The molecular formula is H7K4N. The van der Waals surface area contributed by atoms with Crippen LogP contribution in [0.15, 0.2) is 0 Å². The summed E-state index contributed by atoms with van der Waals surface area (Å²) in [6.07, 6.45) is 0. The summed E-state index contributed by atoms with van der Waals surface area (Å²) in [6, 6.07) is 0. The normalized spacial score (nSPS) is 0. The summed E-state index contributed by atoms with van der Waals surface area (Å²) in [5, 5.41) is 0.